The molecule has 2 heterocycles. The minimum Gasteiger partial charge on any atom is -0.369 e. The first-order valence-electron chi connectivity index (χ1n) is 8.56. The van der Waals surface area contributed by atoms with Crippen LogP contribution in [0.15, 0.2) is 30.3 Å². The molecule has 0 bridgehead atoms. The molecule has 2 fully saturated rings. The number of nitrogens with zero attached hydrogens (tertiary/aromatic N) is 2. The van der Waals surface area contributed by atoms with Gasteiger partial charge in [-0.05, 0) is 31.5 Å². The molecular formula is C18H25N3O2S. The van der Waals surface area contributed by atoms with E-state index in [1.54, 1.807) is 11.8 Å². The summed E-state index contributed by atoms with van der Waals surface area (Å²) < 4.78 is 0. The van der Waals surface area contributed by atoms with Gasteiger partial charge in [0.15, 0.2) is 0 Å². The van der Waals surface area contributed by atoms with Crippen LogP contribution in [0, 0.1) is 5.92 Å². The molecule has 0 unspecified atom stereocenters. The number of likely N-dealkylation sites (tertiary alicyclic amines) is 2. The van der Waals surface area contributed by atoms with E-state index in [4.69, 9.17) is 5.73 Å². The first-order chi connectivity index (χ1) is 11.6. The second-order valence-electron chi connectivity index (χ2n) is 6.64. The van der Waals surface area contributed by atoms with Crippen LogP contribution in [0.1, 0.15) is 18.4 Å². The maximum atomic E-state index is 12.2. The third kappa shape index (κ3) is 4.30. The molecule has 2 aliphatic heterocycles. The largest absolute Gasteiger partial charge is 0.369 e. The van der Waals surface area contributed by atoms with Crippen molar-refractivity contribution in [1.29, 1.82) is 0 Å². The van der Waals surface area contributed by atoms with Crippen molar-refractivity contribution in [3.8, 4) is 0 Å². The Balaban J connectivity index is 1.33. The van der Waals surface area contributed by atoms with E-state index in [2.05, 4.69) is 17.0 Å². The van der Waals surface area contributed by atoms with Gasteiger partial charge in [0.2, 0.25) is 11.8 Å². The van der Waals surface area contributed by atoms with Crippen LogP contribution in [0.3, 0.4) is 0 Å². The molecule has 3 rings (SSSR count). The first kappa shape index (κ1) is 17.3. The summed E-state index contributed by atoms with van der Waals surface area (Å²) in [7, 11) is 0. The van der Waals surface area contributed by atoms with Gasteiger partial charge in [-0.2, -0.15) is 0 Å². The lowest BCUT2D eigenvalue weighted by Gasteiger charge is -2.47. The Labute approximate surface area is 147 Å². The molecular weight excluding hydrogens is 322 g/mol. The number of nitrogens with two attached hydrogens (primary N) is 1. The van der Waals surface area contributed by atoms with E-state index >= 15 is 0 Å². The van der Waals surface area contributed by atoms with Crippen molar-refractivity contribution in [3.05, 3.63) is 35.9 Å². The van der Waals surface area contributed by atoms with E-state index in [0.29, 0.717) is 11.8 Å². The molecule has 2 aliphatic rings. The number of primary amides is 1. The fraction of sp³-hybridized carbons (Fsp3) is 0.556. The van der Waals surface area contributed by atoms with Crippen LogP contribution >= 0.6 is 11.8 Å². The van der Waals surface area contributed by atoms with Crippen LogP contribution in [0.2, 0.25) is 0 Å². The van der Waals surface area contributed by atoms with Gasteiger partial charge in [-0.25, -0.2) is 0 Å². The molecule has 24 heavy (non-hydrogen) atoms. The number of rotatable bonds is 6. The molecule has 0 spiro atoms. The van der Waals surface area contributed by atoms with Crippen molar-refractivity contribution in [1.82, 2.24) is 9.80 Å². The second-order valence-corrected chi connectivity index (χ2v) is 7.63. The highest BCUT2D eigenvalue weighted by Gasteiger charge is 2.36. The Morgan fingerprint density at radius 1 is 1.12 bits per heavy atom. The molecule has 2 N–H and O–H groups in total. The molecule has 1 aromatic rings. The molecule has 6 heteroatoms. The molecule has 0 atom stereocenters. The van der Waals surface area contributed by atoms with Crippen LogP contribution in [0.4, 0.5) is 0 Å². The molecule has 2 amide bonds. The normalized spacial score (nSPS) is 19.9. The van der Waals surface area contributed by atoms with Crippen LogP contribution < -0.4 is 5.73 Å². The molecule has 2 saturated heterocycles. The third-order valence-electron chi connectivity index (χ3n) is 5.00. The Morgan fingerprint density at radius 2 is 1.79 bits per heavy atom. The Bertz CT molecular complexity index is 567. The minimum absolute atomic E-state index is 0.0356. The van der Waals surface area contributed by atoms with Gasteiger partial charge >= 0.3 is 0 Å². The summed E-state index contributed by atoms with van der Waals surface area (Å²) in [5.74, 6) is 1.53. The SMILES string of the molecule is NC(=O)C1CCN(C2CN(C(=O)CSCc3ccccc3)C2)CC1. The van der Waals surface area contributed by atoms with Gasteiger partial charge in [-0.15, -0.1) is 11.8 Å². The maximum Gasteiger partial charge on any atom is 0.232 e. The highest BCUT2D eigenvalue weighted by atomic mass is 32.2. The zero-order chi connectivity index (χ0) is 16.9. The van der Waals surface area contributed by atoms with E-state index in [9.17, 15) is 9.59 Å². The number of hydrogen-bond donors (Lipinski definition) is 1. The van der Waals surface area contributed by atoms with E-state index < -0.39 is 0 Å². The van der Waals surface area contributed by atoms with Crippen molar-refractivity contribution in [2.75, 3.05) is 31.9 Å². The van der Waals surface area contributed by atoms with Gasteiger partial charge in [0, 0.05) is 30.8 Å². The zero-order valence-electron chi connectivity index (χ0n) is 13.9. The predicted octanol–water partition coefficient (Wildman–Crippen LogP) is 1.33. The predicted molar refractivity (Wildman–Crippen MR) is 96.5 cm³/mol. The quantitative estimate of drug-likeness (QED) is 0.843. The lowest BCUT2D eigenvalue weighted by atomic mass is 9.94. The molecule has 5 nitrogen and oxygen atoms in total. The maximum absolute atomic E-state index is 12.2. The van der Waals surface area contributed by atoms with Crippen molar-refractivity contribution in [2.45, 2.75) is 24.6 Å². The van der Waals surface area contributed by atoms with Crippen molar-refractivity contribution in [2.24, 2.45) is 11.7 Å². The van der Waals surface area contributed by atoms with Crippen LogP contribution in [0.5, 0.6) is 0 Å². The van der Waals surface area contributed by atoms with Crippen molar-refractivity contribution in [3.63, 3.8) is 0 Å². The molecule has 0 saturated carbocycles. The number of benzene rings is 1. The summed E-state index contributed by atoms with van der Waals surface area (Å²) in [5.41, 5.74) is 6.63. The Hall–Kier alpha value is -1.53. The average molecular weight is 347 g/mol. The standard InChI is InChI=1S/C18H25N3O2S/c19-18(23)15-6-8-20(9-7-15)16-10-21(11-16)17(22)13-24-12-14-4-2-1-3-5-14/h1-5,15-16H,6-13H2,(H2,19,23). The van der Waals surface area contributed by atoms with Crippen molar-refractivity contribution < 1.29 is 9.59 Å². The summed E-state index contributed by atoms with van der Waals surface area (Å²) >= 11 is 1.68. The highest BCUT2D eigenvalue weighted by Crippen LogP contribution is 2.24. The number of amides is 2. The van der Waals surface area contributed by atoms with Gasteiger partial charge in [0.25, 0.3) is 0 Å². The van der Waals surface area contributed by atoms with Gasteiger partial charge in [0.05, 0.1) is 5.75 Å². The summed E-state index contributed by atoms with van der Waals surface area (Å²) in [6.45, 7) is 3.49. The minimum atomic E-state index is -0.171. The van der Waals surface area contributed by atoms with Gasteiger partial charge in [-0.3, -0.25) is 14.5 Å². The highest BCUT2D eigenvalue weighted by molar-refractivity contribution is 7.99. The summed E-state index contributed by atoms with van der Waals surface area (Å²) in [6.07, 6.45) is 1.71. The first-order valence-corrected chi connectivity index (χ1v) is 9.72. The Morgan fingerprint density at radius 3 is 2.42 bits per heavy atom. The molecule has 0 radical (unpaired) electrons. The number of thioether (sulfide) groups is 1. The van der Waals surface area contributed by atoms with E-state index in [1.807, 2.05) is 23.1 Å². The van der Waals surface area contributed by atoms with Crippen LogP contribution in [-0.2, 0) is 15.3 Å². The van der Waals surface area contributed by atoms with E-state index in [-0.39, 0.29) is 17.7 Å². The number of piperidine rings is 1. The second kappa shape index (κ2) is 8.03. The van der Waals surface area contributed by atoms with Crippen LogP contribution in [0.25, 0.3) is 0 Å². The lowest BCUT2D eigenvalue weighted by Crippen LogP contribution is -2.62. The number of hydrogen-bond acceptors (Lipinski definition) is 4. The van der Waals surface area contributed by atoms with Crippen LogP contribution in [-0.4, -0.2) is 59.6 Å². The third-order valence-corrected chi connectivity index (χ3v) is 5.99. The zero-order valence-corrected chi connectivity index (χ0v) is 14.7. The fourth-order valence-corrected chi connectivity index (χ4v) is 4.25. The molecule has 0 aromatic heterocycles. The van der Waals surface area contributed by atoms with E-state index in [1.165, 1.54) is 5.56 Å². The molecule has 0 aliphatic carbocycles. The Kier molecular flexibility index (Phi) is 5.79. The smallest absolute Gasteiger partial charge is 0.232 e. The topological polar surface area (TPSA) is 66.6 Å². The molecule has 1 aromatic carbocycles. The lowest BCUT2D eigenvalue weighted by molar-refractivity contribution is -0.136. The van der Waals surface area contributed by atoms with Gasteiger partial charge in [-0.1, -0.05) is 30.3 Å². The summed E-state index contributed by atoms with van der Waals surface area (Å²) in [5, 5.41) is 0. The fourth-order valence-electron chi connectivity index (χ4n) is 3.36. The number of carbonyl (C=O) groups is 2. The summed E-state index contributed by atoms with van der Waals surface area (Å²) in [4.78, 5) is 27.8. The average Bonchev–Trinajstić information content (AvgIpc) is 2.55. The monoisotopic (exact) mass is 347 g/mol. The van der Waals surface area contributed by atoms with E-state index in [0.717, 1.165) is 44.8 Å². The number of carbonyl (C=O) groups excluding carboxylic acids is 2. The molecule has 130 valence electrons. The van der Waals surface area contributed by atoms with Gasteiger partial charge < -0.3 is 10.6 Å². The summed E-state index contributed by atoms with van der Waals surface area (Å²) in [6, 6.07) is 10.7. The van der Waals surface area contributed by atoms with Gasteiger partial charge in [0.1, 0.15) is 0 Å². The van der Waals surface area contributed by atoms with Crippen molar-refractivity contribution >= 4 is 23.6 Å².